The van der Waals surface area contributed by atoms with E-state index in [2.05, 4.69) is 80.7 Å². The number of hydrogen-bond donors (Lipinski definition) is 1. The van der Waals surface area contributed by atoms with Crippen molar-refractivity contribution in [3.63, 3.8) is 0 Å². The molecule has 2 aromatic carbocycles. The topological polar surface area (TPSA) is 12.0 Å². The van der Waals surface area contributed by atoms with Crippen LogP contribution in [-0.4, -0.2) is 6.54 Å². The van der Waals surface area contributed by atoms with E-state index in [1.165, 1.54) is 27.8 Å². The average molecular weight is 305 g/mol. The van der Waals surface area contributed by atoms with E-state index in [-0.39, 0.29) is 5.41 Å². The summed E-state index contributed by atoms with van der Waals surface area (Å²) in [4.78, 5) is 0. The molecule has 1 N–H and O–H groups in total. The Bertz CT molecular complexity index is 687. The fourth-order valence-corrected chi connectivity index (χ4v) is 3.17. The van der Waals surface area contributed by atoms with Crippen LogP contribution in [0, 0.1) is 0 Å². The summed E-state index contributed by atoms with van der Waals surface area (Å²) in [6.07, 6.45) is 4.58. The van der Waals surface area contributed by atoms with E-state index >= 15 is 0 Å². The van der Waals surface area contributed by atoms with Gasteiger partial charge in [0, 0.05) is 6.54 Å². The van der Waals surface area contributed by atoms with Gasteiger partial charge >= 0.3 is 0 Å². The predicted molar refractivity (Wildman–Crippen MR) is 99.6 cm³/mol. The van der Waals surface area contributed by atoms with Gasteiger partial charge in [-0.1, -0.05) is 75.4 Å². The largest absolute Gasteiger partial charge is 0.312 e. The Kier molecular flexibility index (Phi) is 4.68. The fourth-order valence-electron chi connectivity index (χ4n) is 3.17. The first kappa shape index (κ1) is 16.0. The van der Waals surface area contributed by atoms with E-state index in [0.29, 0.717) is 0 Å². The molecular formula is C22H27N. The van der Waals surface area contributed by atoms with Crippen molar-refractivity contribution in [3.05, 3.63) is 76.9 Å². The lowest BCUT2D eigenvalue weighted by molar-refractivity contribution is 0.589. The summed E-state index contributed by atoms with van der Waals surface area (Å²) in [6, 6.07) is 17.8. The van der Waals surface area contributed by atoms with E-state index in [4.69, 9.17) is 0 Å². The van der Waals surface area contributed by atoms with Gasteiger partial charge in [0.2, 0.25) is 0 Å². The third-order valence-electron chi connectivity index (χ3n) is 4.65. The molecule has 1 heteroatoms. The number of benzene rings is 2. The Morgan fingerprint density at radius 1 is 0.957 bits per heavy atom. The molecule has 0 saturated carbocycles. The molecule has 0 fully saturated rings. The number of allylic oxidation sites excluding steroid dienone is 1. The molecule has 1 aliphatic rings. The summed E-state index contributed by atoms with van der Waals surface area (Å²) in [5.74, 6) is 0. The van der Waals surface area contributed by atoms with Crippen LogP contribution in [0.1, 0.15) is 49.4 Å². The highest BCUT2D eigenvalue weighted by Crippen LogP contribution is 2.29. The Hall–Kier alpha value is -1.86. The molecule has 120 valence electrons. The smallest absolute Gasteiger partial charge is 0.0205 e. The van der Waals surface area contributed by atoms with E-state index in [0.717, 1.165) is 25.9 Å². The van der Waals surface area contributed by atoms with Gasteiger partial charge in [0.15, 0.2) is 0 Å². The van der Waals surface area contributed by atoms with Crippen molar-refractivity contribution < 1.29 is 0 Å². The molecule has 2 aromatic rings. The standard InChI is InChI=1S/C22H27N/c1-22(2,3)20-12-8-17(9-13-20)16-23-15-14-19-11-10-18-6-4-5-7-21(18)19/h4-9,11-13,23H,10,14-16H2,1-3H3. The van der Waals surface area contributed by atoms with Crippen LogP contribution in [0.3, 0.4) is 0 Å². The Balaban J connectivity index is 1.48. The lowest BCUT2D eigenvalue weighted by atomic mass is 9.87. The van der Waals surface area contributed by atoms with Crippen LogP contribution in [0.5, 0.6) is 0 Å². The summed E-state index contributed by atoms with van der Waals surface area (Å²) in [5, 5.41) is 3.58. The molecule has 0 atom stereocenters. The Morgan fingerprint density at radius 2 is 1.70 bits per heavy atom. The molecule has 0 radical (unpaired) electrons. The van der Waals surface area contributed by atoms with E-state index in [1.54, 1.807) is 0 Å². The van der Waals surface area contributed by atoms with Crippen LogP contribution in [0.2, 0.25) is 0 Å². The van der Waals surface area contributed by atoms with Crippen LogP contribution in [0.4, 0.5) is 0 Å². The maximum absolute atomic E-state index is 3.58. The zero-order valence-corrected chi connectivity index (χ0v) is 14.5. The lowest BCUT2D eigenvalue weighted by Crippen LogP contribution is -2.15. The molecule has 0 aromatic heterocycles. The van der Waals surface area contributed by atoms with Crippen molar-refractivity contribution in [2.45, 2.75) is 45.6 Å². The summed E-state index contributed by atoms with van der Waals surface area (Å²) in [6.45, 7) is 8.74. The van der Waals surface area contributed by atoms with Crippen molar-refractivity contribution >= 4 is 5.57 Å². The van der Waals surface area contributed by atoms with Crippen LogP contribution in [0.15, 0.2) is 54.6 Å². The van der Waals surface area contributed by atoms with Gasteiger partial charge in [-0.15, -0.1) is 0 Å². The zero-order valence-electron chi connectivity index (χ0n) is 14.5. The summed E-state index contributed by atoms with van der Waals surface area (Å²) in [7, 11) is 0. The fraction of sp³-hybridized carbons (Fsp3) is 0.364. The molecule has 1 nitrogen and oxygen atoms in total. The van der Waals surface area contributed by atoms with Crippen molar-refractivity contribution in [1.29, 1.82) is 0 Å². The molecular weight excluding hydrogens is 278 g/mol. The first-order valence-electron chi connectivity index (χ1n) is 8.61. The third-order valence-corrected chi connectivity index (χ3v) is 4.65. The van der Waals surface area contributed by atoms with Gasteiger partial charge in [-0.25, -0.2) is 0 Å². The highest BCUT2D eigenvalue weighted by Gasteiger charge is 2.13. The highest BCUT2D eigenvalue weighted by molar-refractivity contribution is 5.72. The first-order valence-corrected chi connectivity index (χ1v) is 8.61. The molecule has 0 amide bonds. The quantitative estimate of drug-likeness (QED) is 0.757. The molecule has 1 aliphatic carbocycles. The molecule has 0 unspecified atom stereocenters. The van der Waals surface area contributed by atoms with Gasteiger partial charge in [-0.3, -0.25) is 0 Å². The minimum absolute atomic E-state index is 0.230. The van der Waals surface area contributed by atoms with E-state index < -0.39 is 0 Å². The Labute approximate surface area is 140 Å². The second kappa shape index (κ2) is 6.72. The number of hydrogen-bond acceptors (Lipinski definition) is 1. The average Bonchev–Trinajstić information content (AvgIpc) is 2.94. The van der Waals surface area contributed by atoms with E-state index in [9.17, 15) is 0 Å². The normalized spacial score (nSPS) is 13.8. The van der Waals surface area contributed by atoms with Crippen LogP contribution in [-0.2, 0) is 18.4 Å². The van der Waals surface area contributed by atoms with Crippen molar-refractivity contribution in [3.8, 4) is 0 Å². The van der Waals surface area contributed by atoms with Gasteiger partial charge in [0.25, 0.3) is 0 Å². The maximum Gasteiger partial charge on any atom is 0.0205 e. The van der Waals surface area contributed by atoms with Crippen molar-refractivity contribution in [1.82, 2.24) is 5.32 Å². The molecule has 0 aliphatic heterocycles. The predicted octanol–water partition coefficient (Wildman–Crippen LogP) is 5.10. The van der Waals surface area contributed by atoms with Gasteiger partial charge < -0.3 is 5.32 Å². The van der Waals surface area contributed by atoms with Gasteiger partial charge in [0.05, 0.1) is 0 Å². The second-order valence-electron chi connectivity index (χ2n) is 7.46. The molecule has 3 rings (SSSR count). The van der Waals surface area contributed by atoms with Gasteiger partial charge in [-0.2, -0.15) is 0 Å². The summed E-state index contributed by atoms with van der Waals surface area (Å²) in [5.41, 5.74) is 7.40. The molecule has 0 bridgehead atoms. The van der Waals surface area contributed by atoms with Gasteiger partial charge in [0.1, 0.15) is 0 Å². The molecule has 0 saturated heterocycles. The second-order valence-corrected chi connectivity index (χ2v) is 7.46. The van der Waals surface area contributed by atoms with Crippen LogP contribution < -0.4 is 5.32 Å². The summed E-state index contributed by atoms with van der Waals surface area (Å²) >= 11 is 0. The van der Waals surface area contributed by atoms with Crippen LogP contribution in [0.25, 0.3) is 5.57 Å². The SMILES string of the molecule is CC(C)(C)c1ccc(CNCCC2=CCc3ccccc32)cc1. The zero-order chi connectivity index (χ0) is 16.3. The van der Waals surface area contributed by atoms with E-state index in [1.807, 2.05) is 0 Å². The minimum Gasteiger partial charge on any atom is -0.312 e. The third kappa shape index (κ3) is 3.92. The molecule has 0 heterocycles. The number of rotatable bonds is 5. The highest BCUT2D eigenvalue weighted by atomic mass is 14.8. The summed E-state index contributed by atoms with van der Waals surface area (Å²) < 4.78 is 0. The Morgan fingerprint density at radius 3 is 2.43 bits per heavy atom. The maximum atomic E-state index is 3.58. The van der Waals surface area contributed by atoms with Crippen molar-refractivity contribution in [2.24, 2.45) is 0 Å². The molecule has 23 heavy (non-hydrogen) atoms. The van der Waals surface area contributed by atoms with Crippen LogP contribution >= 0.6 is 0 Å². The van der Waals surface area contributed by atoms with Gasteiger partial charge in [-0.05, 0) is 52.6 Å². The first-order chi connectivity index (χ1) is 11.0. The number of fused-ring (bicyclic) bond motifs is 1. The van der Waals surface area contributed by atoms with Crippen molar-refractivity contribution in [2.75, 3.05) is 6.54 Å². The monoisotopic (exact) mass is 305 g/mol. The number of nitrogens with one attached hydrogen (secondary N) is 1. The minimum atomic E-state index is 0.230. The molecule has 0 spiro atoms. The lowest BCUT2D eigenvalue weighted by Gasteiger charge is -2.19.